The second-order valence-corrected chi connectivity index (χ2v) is 5.46. The van der Waals surface area contributed by atoms with Crippen molar-refractivity contribution in [3.63, 3.8) is 0 Å². The third kappa shape index (κ3) is 3.28. The van der Waals surface area contributed by atoms with Crippen LogP contribution in [0.4, 0.5) is 15.8 Å². The van der Waals surface area contributed by atoms with Gasteiger partial charge in [0.2, 0.25) is 0 Å². The summed E-state index contributed by atoms with van der Waals surface area (Å²) in [6.07, 6.45) is 5.70. The molecule has 116 valence electrons. The standard InChI is InChI=1S/C16H23FN2O2/c1-3-19(11-7-5-4-6-8-11)15-9-12(16(20)21-2)14(18)10-13(15)17/h9-11H,3-8,18H2,1-2H3. The number of hydrogen-bond acceptors (Lipinski definition) is 4. The number of carbonyl (C=O) groups is 1. The fourth-order valence-electron chi connectivity index (χ4n) is 3.10. The number of methoxy groups -OCH3 is 1. The molecule has 0 radical (unpaired) electrons. The quantitative estimate of drug-likeness (QED) is 0.683. The third-order valence-corrected chi connectivity index (χ3v) is 4.19. The number of rotatable bonds is 4. The van der Waals surface area contributed by atoms with Crippen LogP contribution in [-0.4, -0.2) is 25.7 Å². The first-order valence-corrected chi connectivity index (χ1v) is 7.52. The largest absolute Gasteiger partial charge is 0.465 e. The minimum absolute atomic E-state index is 0.114. The molecule has 2 rings (SSSR count). The Labute approximate surface area is 125 Å². The molecule has 1 aliphatic rings. The summed E-state index contributed by atoms with van der Waals surface area (Å²) in [4.78, 5) is 13.8. The van der Waals surface area contributed by atoms with Gasteiger partial charge in [0.15, 0.2) is 0 Å². The van der Waals surface area contributed by atoms with Crippen molar-refractivity contribution >= 4 is 17.3 Å². The second-order valence-electron chi connectivity index (χ2n) is 5.46. The van der Waals surface area contributed by atoms with Crippen molar-refractivity contribution in [2.45, 2.75) is 45.1 Å². The monoisotopic (exact) mass is 294 g/mol. The summed E-state index contributed by atoms with van der Waals surface area (Å²) in [7, 11) is 1.30. The lowest BCUT2D eigenvalue weighted by Gasteiger charge is -2.35. The van der Waals surface area contributed by atoms with Crippen LogP contribution in [0.25, 0.3) is 0 Å². The first-order chi connectivity index (χ1) is 10.1. The number of halogens is 1. The zero-order valence-corrected chi connectivity index (χ0v) is 12.7. The molecule has 1 fully saturated rings. The average molecular weight is 294 g/mol. The van der Waals surface area contributed by atoms with E-state index in [4.69, 9.17) is 10.5 Å². The Hall–Kier alpha value is -1.78. The van der Waals surface area contributed by atoms with Gasteiger partial charge in [-0.1, -0.05) is 19.3 Å². The Bertz CT molecular complexity index is 513. The zero-order chi connectivity index (χ0) is 15.4. The molecule has 0 aromatic heterocycles. The van der Waals surface area contributed by atoms with Gasteiger partial charge in [-0.3, -0.25) is 0 Å². The van der Waals surface area contributed by atoms with E-state index in [0.29, 0.717) is 18.3 Å². The van der Waals surface area contributed by atoms with Crippen LogP contribution in [0.15, 0.2) is 12.1 Å². The Balaban J connectivity index is 2.37. The van der Waals surface area contributed by atoms with Gasteiger partial charge in [-0.2, -0.15) is 0 Å². The predicted octanol–water partition coefficient (Wildman–Crippen LogP) is 3.35. The minimum Gasteiger partial charge on any atom is -0.465 e. The SMILES string of the molecule is CCN(c1cc(C(=O)OC)c(N)cc1F)C1CCCCC1. The lowest BCUT2D eigenvalue weighted by Crippen LogP contribution is -2.37. The van der Waals surface area contributed by atoms with E-state index in [1.54, 1.807) is 0 Å². The van der Waals surface area contributed by atoms with Crippen molar-refractivity contribution in [2.75, 3.05) is 24.3 Å². The van der Waals surface area contributed by atoms with E-state index in [1.165, 1.54) is 38.5 Å². The van der Waals surface area contributed by atoms with Crippen molar-refractivity contribution in [3.05, 3.63) is 23.5 Å². The normalized spacial score (nSPS) is 15.8. The van der Waals surface area contributed by atoms with Gasteiger partial charge < -0.3 is 15.4 Å². The summed E-state index contributed by atoms with van der Waals surface area (Å²) in [6, 6.07) is 3.06. The molecule has 0 bridgehead atoms. The molecule has 0 aliphatic heterocycles. The highest BCUT2D eigenvalue weighted by Gasteiger charge is 2.24. The minimum atomic E-state index is -0.534. The van der Waals surface area contributed by atoms with Crippen LogP contribution in [-0.2, 0) is 4.74 Å². The van der Waals surface area contributed by atoms with E-state index in [0.717, 1.165) is 12.8 Å². The Kier molecular flexibility index (Phi) is 5.04. The van der Waals surface area contributed by atoms with Crippen molar-refractivity contribution in [1.29, 1.82) is 0 Å². The Morgan fingerprint density at radius 3 is 2.62 bits per heavy atom. The Morgan fingerprint density at radius 1 is 1.38 bits per heavy atom. The van der Waals surface area contributed by atoms with E-state index < -0.39 is 5.97 Å². The number of nitrogens with two attached hydrogens (primary N) is 1. The predicted molar refractivity (Wildman–Crippen MR) is 82.0 cm³/mol. The lowest BCUT2D eigenvalue weighted by molar-refractivity contribution is 0.0602. The van der Waals surface area contributed by atoms with Crippen LogP contribution < -0.4 is 10.6 Å². The fourth-order valence-corrected chi connectivity index (χ4v) is 3.10. The average Bonchev–Trinajstić information content (AvgIpc) is 2.50. The molecule has 21 heavy (non-hydrogen) atoms. The van der Waals surface area contributed by atoms with Gasteiger partial charge in [0.05, 0.1) is 18.4 Å². The van der Waals surface area contributed by atoms with Crippen molar-refractivity contribution < 1.29 is 13.9 Å². The van der Waals surface area contributed by atoms with Gasteiger partial charge in [-0.15, -0.1) is 0 Å². The topological polar surface area (TPSA) is 55.6 Å². The summed E-state index contributed by atoms with van der Waals surface area (Å²) in [5.74, 6) is -0.916. The fraction of sp³-hybridized carbons (Fsp3) is 0.562. The van der Waals surface area contributed by atoms with Crippen molar-refractivity contribution in [2.24, 2.45) is 0 Å². The summed E-state index contributed by atoms with van der Waals surface area (Å²) in [6.45, 7) is 2.70. The number of anilines is 2. The number of benzene rings is 1. The van der Waals surface area contributed by atoms with Gasteiger partial charge in [0.25, 0.3) is 0 Å². The molecule has 5 heteroatoms. The molecular weight excluding hydrogens is 271 g/mol. The second kappa shape index (κ2) is 6.78. The highest BCUT2D eigenvalue weighted by molar-refractivity contribution is 5.96. The summed E-state index contributed by atoms with van der Waals surface area (Å²) in [5.41, 5.74) is 6.51. The van der Waals surface area contributed by atoms with E-state index >= 15 is 0 Å². The van der Waals surface area contributed by atoms with E-state index in [9.17, 15) is 9.18 Å². The highest BCUT2D eigenvalue weighted by Crippen LogP contribution is 2.31. The number of hydrogen-bond donors (Lipinski definition) is 1. The van der Waals surface area contributed by atoms with Gasteiger partial charge >= 0.3 is 5.97 Å². The maximum absolute atomic E-state index is 14.3. The molecular formula is C16H23FN2O2. The first kappa shape index (κ1) is 15.6. The lowest BCUT2D eigenvalue weighted by atomic mass is 9.93. The summed E-state index contributed by atoms with van der Waals surface area (Å²) >= 11 is 0. The number of nitrogens with zero attached hydrogens (tertiary/aromatic N) is 1. The number of carbonyl (C=O) groups excluding carboxylic acids is 1. The molecule has 0 heterocycles. The van der Waals surface area contributed by atoms with Gasteiger partial charge in [-0.05, 0) is 31.9 Å². The van der Waals surface area contributed by atoms with Crippen molar-refractivity contribution in [1.82, 2.24) is 0 Å². The Morgan fingerprint density at radius 2 is 2.05 bits per heavy atom. The van der Waals surface area contributed by atoms with Gasteiger partial charge in [-0.25, -0.2) is 9.18 Å². The van der Waals surface area contributed by atoms with E-state index in [-0.39, 0.29) is 17.1 Å². The van der Waals surface area contributed by atoms with Crippen LogP contribution in [0.5, 0.6) is 0 Å². The molecule has 1 aromatic carbocycles. The number of esters is 1. The first-order valence-electron chi connectivity index (χ1n) is 7.52. The molecule has 0 atom stereocenters. The van der Waals surface area contributed by atoms with Crippen LogP contribution in [0, 0.1) is 5.82 Å². The number of ether oxygens (including phenoxy) is 1. The van der Waals surface area contributed by atoms with E-state index in [1.807, 2.05) is 11.8 Å². The maximum Gasteiger partial charge on any atom is 0.340 e. The summed E-state index contributed by atoms with van der Waals surface area (Å²) in [5, 5.41) is 0. The van der Waals surface area contributed by atoms with Crippen LogP contribution in [0.2, 0.25) is 0 Å². The van der Waals surface area contributed by atoms with Gasteiger partial charge in [0, 0.05) is 18.3 Å². The highest BCUT2D eigenvalue weighted by atomic mass is 19.1. The smallest absolute Gasteiger partial charge is 0.340 e. The molecule has 0 unspecified atom stereocenters. The molecule has 0 amide bonds. The molecule has 1 saturated carbocycles. The van der Waals surface area contributed by atoms with Crippen LogP contribution >= 0.6 is 0 Å². The van der Waals surface area contributed by atoms with Gasteiger partial charge in [0.1, 0.15) is 5.82 Å². The molecule has 1 aromatic rings. The number of nitrogen functional groups attached to an aromatic ring is 1. The molecule has 0 saturated heterocycles. The van der Waals surface area contributed by atoms with Crippen LogP contribution in [0.1, 0.15) is 49.4 Å². The zero-order valence-electron chi connectivity index (χ0n) is 12.7. The molecule has 2 N–H and O–H groups in total. The third-order valence-electron chi connectivity index (χ3n) is 4.19. The van der Waals surface area contributed by atoms with E-state index in [2.05, 4.69) is 0 Å². The van der Waals surface area contributed by atoms with Crippen molar-refractivity contribution in [3.8, 4) is 0 Å². The molecule has 4 nitrogen and oxygen atoms in total. The molecule has 0 spiro atoms. The molecule has 1 aliphatic carbocycles. The van der Waals surface area contributed by atoms with Crippen LogP contribution in [0.3, 0.4) is 0 Å². The maximum atomic E-state index is 14.3. The summed E-state index contributed by atoms with van der Waals surface area (Å²) < 4.78 is 19.0.